The molecule has 0 saturated carbocycles. The van der Waals surface area contributed by atoms with E-state index < -0.39 is 9.84 Å². The summed E-state index contributed by atoms with van der Waals surface area (Å²) in [4.78, 5) is 0. The number of benzene rings is 1. The summed E-state index contributed by atoms with van der Waals surface area (Å²) in [6.07, 6.45) is 0.691. The van der Waals surface area contributed by atoms with Crippen molar-refractivity contribution in [2.75, 3.05) is 11.5 Å². The van der Waals surface area contributed by atoms with E-state index in [0.29, 0.717) is 6.42 Å². The van der Waals surface area contributed by atoms with Gasteiger partial charge in [-0.3, -0.25) is 0 Å². The molecule has 1 aromatic carbocycles. The predicted molar refractivity (Wildman–Crippen MR) is 69.6 cm³/mol. The zero-order valence-electron chi connectivity index (χ0n) is 10.3. The Balaban J connectivity index is 2.23. The first-order chi connectivity index (χ1) is 7.87. The minimum absolute atomic E-state index is 0.0706. The third-order valence-corrected chi connectivity index (χ3v) is 5.20. The third-order valence-electron chi connectivity index (χ3n) is 3.40. The van der Waals surface area contributed by atoms with Crippen molar-refractivity contribution in [1.82, 2.24) is 0 Å². The van der Waals surface area contributed by atoms with Gasteiger partial charge in [-0.1, -0.05) is 29.3 Å². The van der Waals surface area contributed by atoms with Gasteiger partial charge in [-0.15, -0.1) is 0 Å². The Morgan fingerprint density at radius 2 is 1.82 bits per heavy atom. The van der Waals surface area contributed by atoms with Gasteiger partial charge >= 0.3 is 0 Å². The number of sulfone groups is 1. The first-order valence-corrected chi connectivity index (χ1v) is 7.74. The van der Waals surface area contributed by atoms with Gasteiger partial charge in [0.1, 0.15) is 0 Å². The van der Waals surface area contributed by atoms with E-state index in [1.165, 1.54) is 11.1 Å². The average molecular weight is 253 g/mol. The van der Waals surface area contributed by atoms with Gasteiger partial charge in [-0.2, -0.15) is 0 Å². The van der Waals surface area contributed by atoms with Crippen LogP contribution in [-0.2, 0) is 9.84 Å². The highest BCUT2D eigenvalue weighted by molar-refractivity contribution is 7.91. The second-order valence-corrected chi connectivity index (χ2v) is 7.34. The van der Waals surface area contributed by atoms with Crippen molar-refractivity contribution in [3.8, 4) is 0 Å². The van der Waals surface area contributed by atoms with Crippen molar-refractivity contribution in [2.45, 2.75) is 26.3 Å². The maximum Gasteiger partial charge on any atom is 0.150 e. The number of hydrogen-bond acceptors (Lipinski definition) is 3. The van der Waals surface area contributed by atoms with Crippen molar-refractivity contribution < 1.29 is 8.42 Å². The predicted octanol–water partition coefficient (Wildman–Crippen LogP) is 1.74. The highest BCUT2D eigenvalue weighted by Crippen LogP contribution is 2.30. The first kappa shape index (κ1) is 12.6. The van der Waals surface area contributed by atoms with Crippen LogP contribution < -0.4 is 5.73 Å². The largest absolute Gasteiger partial charge is 0.324 e. The maximum absolute atomic E-state index is 11.5. The zero-order chi connectivity index (χ0) is 12.6. The Labute approximate surface area is 103 Å². The monoisotopic (exact) mass is 253 g/mol. The molecule has 17 heavy (non-hydrogen) atoms. The van der Waals surface area contributed by atoms with E-state index in [4.69, 9.17) is 5.73 Å². The van der Waals surface area contributed by atoms with Gasteiger partial charge in [0.25, 0.3) is 0 Å². The summed E-state index contributed by atoms with van der Waals surface area (Å²) in [5, 5.41) is 0. The molecule has 2 unspecified atom stereocenters. The van der Waals surface area contributed by atoms with E-state index in [2.05, 4.69) is 18.2 Å². The summed E-state index contributed by atoms with van der Waals surface area (Å²) in [6, 6.07) is 6.05. The molecule has 94 valence electrons. The highest BCUT2D eigenvalue weighted by atomic mass is 32.2. The molecule has 4 heteroatoms. The van der Waals surface area contributed by atoms with E-state index in [9.17, 15) is 8.42 Å². The van der Waals surface area contributed by atoms with Gasteiger partial charge in [0, 0.05) is 6.04 Å². The summed E-state index contributed by atoms with van der Waals surface area (Å²) in [5.41, 5.74) is 9.61. The Hall–Kier alpha value is -0.870. The van der Waals surface area contributed by atoms with Crippen LogP contribution in [0.1, 0.15) is 29.2 Å². The number of nitrogens with two attached hydrogens (primary N) is 1. The van der Waals surface area contributed by atoms with Crippen molar-refractivity contribution in [2.24, 2.45) is 11.7 Å². The van der Waals surface area contributed by atoms with Crippen LogP contribution in [0.4, 0.5) is 0 Å². The van der Waals surface area contributed by atoms with Crippen LogP contribution in [0.5, 0.6) is 0 Å². The molecule has 1 heterocycles. The van der Waals surface area contributed by atoms with E-state index in [-0.39, 0.29) is 23.5 Å². The molecule has 2 atom stereocenters. The topological polar surface area (TPSA) is 60.2 Å². The molecule has 1 aliphatic heterocycles. The van der Waals surface area contributed by atoms with Crippen LogP contribution in [0.3, 0.4) is 0 Å². The quantitative estimate of drug-likeness (QED) is 0.873. The fourth-order valence-corrected chi connectivity index (χ4v) is 4.44. The lowest BCUT2D eigenvalue weighted by molar-refractivity contribution is 0.479. The standard InChI is InChI=1S/C13H19NO2S/c1-9-5-10(2)7-12(6-9)13(14)11-3-4-17(15,16)8-11/h5-7,11,13H,3-4,8,14H2,1-2H3. The fourth-order valence-electron chi connectivity index (χ4n) is 2.58. The molecule has 0 amide bonds. The minimum Gasteiger partial charge on any atom is -0.324 e. The Morgan fingerprint density at radius 1 is 1.24 bits per heavy atom. The fraction of sp³-hybridized carbons (Fsp3) is 0.538. The van der Waals surface area contributed by atoms with Gasteiger partial charge < -0.3 is 5.73 Å². The summed E-state index contributed by atoms with van der Waals surface area (Å²) >= 11 is 0. The lowest BCUT2D eigenvalue weighted by Gasteiger charge is -2.19. The molecule has 1 aromatic rings. The van der Waals surface area contributed by atoms with E-state index in [0.717, 1.165) is 5.56 Å². The average Bonchev–Trinajstić information content (AvgIpc) is 2.56. The lowest BCUT2D eigenvalue weighted by atomic mass is 9.91. The molecule has 0 bridgehead atoms. The Bertz CT molecular complexity index is 502. The molecule has 0 radical (unpaired) electrons. The van der Waals surface area contributed by atoms with Crippen molar-refractivity contribution in [3.05, 3.63) is 34.9 Å². The van der Waals surface area contributed by atoms with Gasteiger partial charge in [0.05, 0.1) is 11.5 Å². The third kappa shape index (κ3) is 2.87. The number of hydrogen-bond donors (Lipinski definition) is 1. The van der Waals surface area contributed by atoms with Crippen LogP contribution in [0.2, 0.25) is 0 Å². The zero-order valence-corrected chi connectivity index (χ0v) is 11.1. The first-order valence-electron chi connectivity index (χ1n) is 5.91. The van der Waals surface area contributed by atoms with E-state index >= 15 is 0 Å². The van der Waals surface area contributed by atoms with Gasteiger partial charge in [0.15, 0.2) is 9.84 Å². The normalized spacial score (nSPS) is 24.8. The van der Waals surface area contributed by atoms with Crippen LogP contribution in [0.15, 0.2) is 18.2 Å². The van der Waals surface area contributed by atoms with Crippen molar-refractivity contribution in [3.63, 3.8) is 0 Å². The highest BCUT2D eigenvalue weighted by Gasteiger charge is 2.32. The molecule has 0 spiro atoms. The second kappa shape index (κ2) is 4.42. The van der Waals surface area contributed by atoms with Crippen LogP contribution in [-0.4, -0.2) is 19.9 Å². The molecule has 3 nitrogen and oxygen atoms in total. The number of aryl methyl sites for hydroxylation is 2. The summed E-state index contributed by atoms with van der Waals surface area (Å²) in [6.45, 7) is 4.07. The maximum atomic E-state index is 11.5. The van der Waals surface area contributed by atoms with Gasteiger partial charge in [0.2, 0.25) is 0 Å². The van der Waals surface area contributed by atoms with Crippen molar-refractivity contribution >= 4 is 9.84 Å². The number of rotatable bonds is 2. The summed E-state index contributed by atoms with van der Waals surface area (Å²) in [7, 11) is -2.85. The molecule has 2 N–H and O–H groups in total. The molecule has 2 rings (SSSR count). The van der Waals surface area contributed by atoms with Crippen molar-refractivity contribution in [1.29, 1.82) is 0 Å². The summed E-state index contributed by atoms with van der Waals surface area (Å²) < 4.78 is 22.9. The molecule has 0 aliphatic carbocycles. The lowest BCUT2D eigenvalue weighted by Crippen LogP contribution is -2.22. The minimum atomic E-state index is -2.85. The molecule has 1 fully saturated rings. The molecular weight excluding hydrogens is 234 g/mol. The van der Waals surface area contributed by atoms with Crippen LogP contribution in [0.25, 0.3) is 0 Å². The molecule has 0 aromatic heterocycles. The molecule has 1 aliphatic rings. The smallest absolute Gasteiger partial charge is 0.150 e. The molecular formula is C13H19NO2S. The van der Waals surface area contributed by atoms with Crippen LogP contribution in [0, 0.1) is 19.8 Å². The SMILES string of the molecule is Cc1cc(C)cc(C(N)C2CCS(=O)(=O)C2)c1. The summed E-state index contributed by atoms with van der Waals surface area (Å²) in [5.74, 6) is 0.596. The second-order valence-electron chi connectivity index (χ2n) is 5.11. The van der Waals surface area contributed by atoms with Gasteiger partial charge in [-0.05, 0) is 31.7 Å². The van der Waals surface area contributed by atoms with E-state index in [1.807, 2.05) is 13.8 Å². The van der Waals surface area contributed by atoms with Crippen LogP contribution >= 0.6 is 0 Å². The molecule has 1 saturated heterocycles. The Kier molecular flexibility index (Phi) is 3.27. The van der Waals surface area contributed by atoms with Gasteiger partial charge in [-0.25, -0.2) is 8.42 Å². The van der Waals surface area contributed by atoms with E-state index in [1.54, 1.807) is 0 Å². The Morgan fingerprint density at radius 3 is 2.29 bits per heavy atom.